The molecule has 3 nitrogen and oxygen atoms in total. The van der Waals surface area contributed by atoms with Crippen LogP contribution in [0, 0.1) is 0 Å². The van der Waals surface area contributed by atoms with Gasteiger partial charge in [-0.25, -0.2) is 4.98 Å². The Morgan fingerprint density at radius 3 is 3.09 bits per heavy atom. The van der Waals surface area contributed by atoms with Gasteiger partial charge in [-0.05, 0) is 12.1 Å². The molecular weight excluding hydrogens is 140 g/mol. The van der Waals surface area contributed by atoms with E-state index in [-0.39, 0.29) is 0 Å². The molecule has 0 fully saturated rings. The van der Waals surface area contributed by atoms with Crippen LogP contribution in [0.5, 0.6) is 0 Å². The van der Waals surface area contributed by atoms with E-state index in [1.165, 1.54) is 0 Å². The van der Waals surface area contributed by atoms with Crippen molar-refractivity contribution in [2.24, 2.45) is 0 Å². The zero-order valence-electron chi connectivity index (χ0n) is 6.58. The second-order valence-electron chi connectivity index (χ2n) is 2.13. The number of ether oxygens (including phenoxy) is 1. The van der Waals surface area contributed by atoms with Gasteiger partial charge in [0.05, 0.1) is 6.61 Å². The van der Waals surface area contributed by atoms with Crippen molar-refractivity contribution < 1.29 is 4.74 Å². The van der Waals surface area contributed by atoms with Gasteiger partial charge in [0, 0.05) is 19.9 Å². The Morgan fingerprint density at radius 1 is 1.55 bits per heavy atom. The van der Waals surface area contributed by atoms with Gasteiger partial charge in [0.2, 0.25) is 0 Å². The zero-order chi connectivity index (χ0) is 7.94. The Hall–Kier alpha value is -1.09. The lowest BCUT2D eigenvalue weighted by atomic mass is 10.4. The number of nitrogens with one attached hydrogen (secondary N) is 1. The SMILES string of the molecule is COCCNc1ccccn1. The van der Waals surface area contributed by atoms with Crippen molar-refractivity contribution in [1.29, 1.82) is 0 Å². The zero-order valence-corrected chi connectivity index (χ0v) is 6.58. The first-order valence-electron chi connectivity index (χ1n) is 3.57. The summed E-state index contributed by atoms with van der Waals surface area (Å²) in [4.78, 5) is 4.08. The van der Waals surface area contributed by atoms with Gasteiger partial charge >= 0.3 is 0 Å². The molecule has 60 valence electrons. The molecule has 0 saturated heterocycles. The number of hydrogen-bond donors (Lipinski definition) is 1. The molecule has 0 spiro atoms. The largest absolute Gasteiger partial charge is 0.383 e. The van der Waals surface area contributed by atoms with Gasteiger partial charge in [-0.3, -0.25) is 0 Å². The first-order valence-corrected chi connectivity index (χ1v) is 3.57. The minimum absolute atomic E-state index is 0.705. The Bertz CT molecular complexity index is 189. The van der Waals surface area contributed by atoms with Crippen molar-refractivity contribution in [3.05, 3.63) is 24.4 Å². The molecule has 1 N–H and O–H groups in total. The molecule has 0 saturated carbocycles. The molecule has 1 aromatic heterocycles. The standard InChI is InChI=1S/C8H12N2O/c1-11-7-6-10-8-4-2-3-5-9-8/h2-5H,6-7H2,1H3,(H,9,10). The lowest BCUT2D eigenvalue weighted by Gasteiger charge is -2.02. The molecule has 0 aliphatic rings. The summed E-state index contributed by atoms with van der Waals surface area (Å²) >= 11 is 0. The monoisotopic (exact) mass is 152 g/mol. The van der Waals surface area contributed by atoms with Gasteiger partial charge in [0.25, 0.3) is 0 Å². The molecule has 0 atom stereocenters. The number of nitrogens with zero attached hydrogens (tertiary/aromatic N) is 1. The molecule has 1 heterocycles. The summed E-state index contributed by atoms with van der Waals surface area (Å²) in [6.45, 7) is 1.50. The summed E-state index contributed by atoms with van der Waals surface area (Å²) in [5.41, 5.74) is 0. The minimum atomic E-state index is 0.705. The third-order valence-corrected chi connectivity index (χ3v) is 1.28. The summed E-state index contributed by atoms with van der Waals surface area (Å²) in [5, 5.41) is 3.11. The van der Waals surface area contributed by atoms with E-state index in [4.69, 9.17) is 4.74 Å². The number of anilines is 1. The van der Waals surface area contributed by atoms with Crippen LogP contribution in [-0.4, -0.2) is 25.2 Å². The van der Waals surface area contributed by atoms with E-state index in [9.17, 15) is 0 Å². The van der Waals surface area contributed by atoms with Crippen LogP contribution in [0.15, 0.2) is 24.4 Å². The van der Waals surface area contributed by atoms with Gasteiger partial charge in [-0.15, -0.1) is 0 Å². The summed E-state index contributed by atoms with van der Waals surface area (Å²) in [6, 6.07) is 5.76. The van der Waals surface area contributed by atoms with Crippen molar-refractivity contribution in [1.82, 2.24) is 4.98 Å². The van der Waals surface area contributed by atoms with Crippen molar-refractivity contribution in [2.75, 3.05) is 25.6 Å². The molecule has 0 aliphatic heterocycles. The van der Waals surface area contributed by atoms with Gasteiger partial charge in [0.15, 0.2) is 0 Å². The van der Waals surface area contributed by atoms with Crippen LogP contribution in [0.4, 0.5) is 5.82 Å². The van der Waals surface area contributed by atoms with E-state index < -0.39 is 0 Å². The fraction of sp³-hybridized carbons (Fsp3) is 0.375. The number of methoxy groups -OCH3 is 1. The fourth-order valence-electron chi connectivity index (χ4n) is 0.748. The van der Waals surface area contributed by atoms with E-state index in [1.54, 1.807) is 13.3 Å². The minimum Gasteiger partial charge on any atom is -0.383 e. The van der Waals surface area contributed by atoms with E-state index in [1.807, 2.05) is 18.2 Å². The summed E-state index contributed by atoms with van der Waals surface area (Å²) in [5.74, 6) is 0.893. The average molecular weight is 152 g/mol. The van der Waals surface area contributed by atoms with Crippen molar-refractivity contribution in [2.45, 2.75) is 0 Å². The maximum Gasteiger partial charge on any atom is 0.125 e. The predicted octanol–water partition coefficient (Wildman–Crippen LogP) is 1.14. The Kier molecular flexibility index (Phi) is 3.41. The van der Waals surface area contributed by atoms with Crippen LogP contribution in [0.1, 0.15) is 0 Å². The predicted molar refractivity (Wildman–Crippen MR) is 44.6 cm³/mol. The topological polar surface area (TPSA) is 34.1 Å². The molecule has 0 bridgehead atoms. The van der Waals surface area contributed by atoms with Gasteiger partial charge in [-0.2, -0.15) is 0 Å². The number of rotatable bonds is 4. The molecule has 0 aliphatic carbocycles. The lowest BCUT2D eigenvalue weighted by Crippen LogP contribution is -2.08. The molecule has 11 heavy (non-hydrogen) atoms. The highest BCUT2D eigenvalue weighted by Gasteiger charge is 1.87. The Labute approximate surface area is 66.4 Å². The molecular formula is C8H12N2O. The van der Waals surface area contributed by atoms with Crippen LogP contribution in [-0.2, 0) is 4.74 Å². The van der Waals surface area contributed by atoms with Gasteiger partial charge < -0.3 is 10.1 Å². The summed E-state index contributed by atoms with van der Waals surface area (Å²) < 4.78 is 4.87. The number of aromatic nitrogens is 1. The van der Waals surface area contributed by atoms with Crippen molar-refractivity contribution in [3.8, 4) is 0 Å². The maximum absolute atomic E-state index is 4.87. The quantitative estimate of drug-likeness (QED) is 0.657. The number of pyridine rings is 1. The Balaban J connectivity index is 2.28. The molecule has 0 aromatic carbocycles. The van der Waals surface area contributed by atoms with Crippen molar-refractivity contribution in [3.63, 3.8) is 0 Å². The van der Waals surface area contributed by atoms with Gasteiger partial charge in [0.1, 0.15) is 5.82 Å². The third-order valence-electron chi connectivity index (χ3n) is 1.28. The Morgan fingerprint density at radius 2 is 2.45 bits per heavy atom. The maximum atomic E-state index is 4.87. The number of hydrogen-bond acceptors (Lipinski definition) is 3. The van der Waals surface area contributed by atoms with Crippen LogP contribution in [0.25, 0.3) is 0 Å². The fourth-order valence-corrected chi connectivity index (χ4v) is 0.748. The second-order valence-corrected chi connectivity index (χ2v) is 2.13. The highest BCUT2D eigenvalue weighted by molar-refractivity contribution is 5.32. The van der Waals surface area contributed by atoms with E-state index in [0.29, 0.717) is 6.61 Å². The smallest absolute Gasteiger partial charge is 0.125 e. The van der Waals surface area contributed by atoms with E-state index in [0.717, 1.165) is 12.4 Å². The van der Waals surface area contributed by atoms with Crippen LogP contribution < -0.4 is 5.32 Å². The highest BCUT2D eigenvalue weighted by atomic mass is 16.5. The van der Waals surface area contributed by atoms with Crippen LogP contribution in [0.3, 0.4) is 0 Å². The average Bonchev–Trinajstić information content (AvgIpc) is 2.07. The van der Waals surface area contributed by atoms with E-state index in [2.05, 4.69) is 10.3 Å². The second kappa shape index (κ2) is 4.68. The molecule has 1 aromatic rings. The normalized spacial score (nSPS) is 9.55. The highest BCUT2D eigenvalue weighted by Crippen LogP contribution is 1.97. The molecule has 0 amide bonds. The first-order chi connectivity index (χ1) is 5.43. The van der Waals surface area contributed by atoms with E-state index >= 15 is 0 Å². The third kappa shape index (κ3) is 3.00. The van der Waals surface area contributed by atoms with Gasteiger partial charge in [-0.1, -0.05) is 6.07 Å². The van der Waals surface area contributed by atoms with Crippen LogP contribution >= 0.6 is 0 Å². The molecule has 1 rings (SSSR count). The lowest BCUT2D eigenvalue weighted by molar-refractivity contribution is 0.210. The first kappa shape index (κ1) is 8.01. The molecule has 0 unspecified atom stereocenters. The molecule has 3 heteroatoms. The molecule has 0 radical (unpaired) electrons. The summed E-state index contributed by atoms with van der Waals surface area (Å²) in [6.07, 6.45) is 1.76. The summed E-state index contributed by atoms with van der Waals surface area (Å²) in [7, 11) is 1.68. The van der Waals surface area contributed by atoms with Crippen molar-refractivity contribution >= 4 is 5.82 Å². The van der Waals surface area contributed by atoms with Crippen LogP contribution in [0.2, 0.25) is 0 Å².